The van der Waals surface area contributed by atoms with Gasteiger partial charge in [-0.1, -0.05) is 69.4 Å². The first kappa shape index (κ1) is 19.7. The van der Waals surface area contributed by atoms with Gasteiger partial charge in [-0.3, -0.25) is 4.79 Å². The van der Waals surface area contributed by atoms with Crippen molar-refractivity contribution < 1.29 is 4.79 Å². The lowest BCUT2D eigenvalue weighted by Gasteiger charge is -2.19. The molecule has 0 saturated heterocycles. The molecule has 2 rings (SSSR count). The Morgan fingerprint density at radius 1 is 0.917 bits per heavy atom. The Morgan fingerprint density at radius 2 is 1.42 bits per heavy atom. The molecule has 1 amide bonds. The van der Waals surface area contributed by atoms with E-state index in [0.717, 1.165) is 22.8 Å². The van der Waals surface area contributed by atoms with Crippen LogP contribution in [0.3, 0.4) is 0 Å². The number of halogens is 1. The molecule has 1 aromatic rings. The second-order valence-electron chi connectivity index (χ2n) is 6.77. The predicted molar refractivity (Wildman–Crippen MR) is 105 cm³/mol. The first-order chi connectivity index (χ1) is 11.7. The number of carbonyl (C=O) groups is 1. The van der Waals surface area contributed by atoms with Gasteiger partial charge in [0, 0.05) is 16.0 Å². The van der Waals surface area contributed by atoms with E-state index in [1.807, 2.05) is 24.3 Å². The van der Waals surface area contributed by atoms with Crippen molar-refractivity contribution in [2.75, 3.05) is 5.75 Å². The third kappa shape index (κ3) is 8.43. The highest BCUT2D eigenvalue weighted by Gasteiger charge is 2.13. The molecule has 0 spiro atoms. The average Bonchev–Trinajstić information content (AvgIpc) is 2.57. The Hall–Kier alpha value is -0.670. The molecule has 1 N–H and O–H groups in total. The summed E-state index contributed by atoms with van der Waals surface area (Å²) >= 11 is 7.47. The molecule has 0 aromatic heterocycles. The van der Waals surface area contributed by atoms with Gasteiger partial charge >= 0.3 is 0 Å². The van der Waals surface area contributed by atoms with Gasteiger partial charge in [-0.05, 0) is 37.1 Å². The Balaban J connectivity index is 1.73. The van der Waals surface area contributed by atoms with Gasteiger partial charge < -0.3 is 5.32 Å². The largest absolute Gasteiger partial charge is 0.353 e. The maximum Gasteiger partial charge on any atom is 0.230 e. The fourth-order valence-corrected chi connectivity index (χ4v) is 4.09. The van der Waals surface area contributed by atoms with Gasteiger partial charge in [0.05, 0.1) is 5.75 Å². The van der Waals surface area contributed by atoms with Crippen molar-refractivity contribution in [3.63, 3.8) is 0 Å². The third-order valence-electron chi connectivity index (χ3n) is 4.65. The number of amides is 1. The topological polar surface area (TPSA) is 29.1 Å². The number of carbonyl (C=O) groups excluding carboxylic acids is 1. The maximum absolute atomic E-state index is 12.3. The molecule has 0 radical (unpaired) electrons. The Kier molecular flexibility index (Phi) is 9.67. The molecule has 0 bridgehead atoms. The standard InChI is InChI=1S/C20H30ClNOS/c21-17-12-14-19(15-13-17)24-16-20(23)22-18-10-8-6-4-2-1-3-5-7-9-11-18/h12-15,18H,1-11,16H2,(H,22,23). The summed E-state index contributed by atoms with van der Waals surface area (Å²) in [7, 11) is 0. The number of nitrogens with one attached hydrogen (secondary N) is 1. The lowest BCUT2D eigenvalue weighted by atomic mass is 9.98. The minimum Gasteiger partial charge on any atom is -0.353 e. The van der Waals surface area contributed by atoms with Gasteiger partial charge in [0.25, 0.3) is 0 Å². The first-order valence-corrected chi connectivity index (χ1v) is 10.8. The first-order valence-electron chi connectivity index (χ1n) is 9.42. The normalized spacial score (nSPS) is 18.4. The lowest BCUT2D eigenvalue weighted by Crippen LogP contribution is -2.36. The van der Waals surface area contributed by atoms with Gasteiger partial charge in [-0.2, -0.15) is 0 Å². The highest BCUT2D eigenvalue weighted by atomic mass is 35.5. The van der Waals surface area contributed by atoms with Crippen LogP contribution in [0.1, 0.15) is 70.6 Å². The van der Waals surface area contributed by atoms with Crippen LogP contribution < -0.4 is 5.32 Å². The van der Waals surface area contributed by atoms with Crippen LogP contribution in [0.15, 0.2) is 29.2 Å². The van der Waals surface area contributed by atoms with Crippen molar-refractivity contribution in [2.24, 2.45) is 0 Å². The van der Waals surface area contributed by atoms with Crippen molar-refractivity contribution in [2.45, 2.75) is 81.6 Å². The molecule has 134 valence electrons. The van der Waals surface area contributed by atoms with Crippen molar-refractivity contribution in [3.05, 3.63) is 29.3 Å². The zero-order valence-electron chi connectivity index (χ0n) is 14.6. The van der Waals surface area contributed by atoms with Crippen LogP contribution in [0.25, 0.3) is 0 Å². The van der Waals surface area contributed by atoms with Crippen LogP contribution >= 0.6 is 23.4 Å². The number of rotatable bonds is 4. The predicted octanol–water partition coefficient (Wildman–Crippen LogP) is 6.22. The quantitative estimate of drug-likeness (QED) is 0.640. The van der Waals surface area contributed by atoms with Crippen LogP contribution in [-0.2, 0) is 4.79 Å². The van der Waals surface area contributed by atoms with E-state index in [9.17, 15) is 4.79 Å². The molecule has 0 heterocycles. The average molecular weight is 368 g/mol. The van der Waals surface area contributed by atoms with Crippen LogP contribution in [0.5, 0.6) is 0 Å². The zero-order chi connectivity index (χ0) is 17.0. The van der Waals surface area contributed by atoms with Crippen molar-refractivity contribution in [1.82, 2.24) is 5.32 Å². The van der Waals surface area contributed by atoms with Crippen molar-refractivity contribution in [3.8, 4) is 0 Å². The zero-order valence-corrected chi connectivity index (χ0v) is 16.1. The fourth-order valence-electron chi connectivity index (χ4n) is 3.26. The number of benzene rings is 1. The van der Waals surface area contributed by atoms with Crippen LogP contribution in [0, 0.1) is 0 Å². The monoisotopic (exact) mass is 367 g/mol. The summed E-state index contributed by atoms with van der Waals surface area (Å²) in [6, 6.07) is 8.04. The second kappa shape index (κ2) is 11.8. The SMILES string of the molecule is O=C(CSc1ccc(Cl)cc1)NC1CCCCCCCCCCC1. The van der Waals surface area contributed by atoms with Gasteiger partial charge in [-0.25, -0.2) is 0 Å². The van der Waals surface area contributed by atoms with Gasteiger partial charge in [0.1, 0.15) is 0 Å². The highest BCUT2D eigenvalue weighted by Crippen LogP contribution is 2.21. The van der Waals surface area contributed by atoms with Crippen LogP contribution in [0.4, 0.5) is 0 Å². The van der Waals surface area contributed by atoms with E-state index in [4.69, 9.17) is 11.6 Å². The molecule has 24 heavy (non-hydrogen) atoms. The van der Waals surface area contributed by atoms with E-state index < -0.39 is 0 Å². The van der Waals surface area contributed by atoms with E-state index in [0.29, 0.717) is 11.8 Å². The summed E-state index contributed by atoms with van der Waals surface area (Å²) in [5, 5.41) is 4.00. The Morgan fingerprint density at radius 3 is 1.96 bits per heavy atom. The van der Waals surface area contributed by atoms with Gasteiger partial charge in [-0.15, -0.1) is 11.8 Å². The highest BCUT2D eigenvalue weighted by molar-refractivity contribution is 8.00. The molecular weight excluding hydrogens is 338 g/mol. The van der Waals surface area contributed by atoms with E-state index >= 15 is 0 Å². The minimum absolute atomic E-state index is 0.159. The smallest absolute Gasteiger partial charge is 0.230 e. The maximum atomic E-state index is 12.3. The van der Waals surface area contributed by atoms with E-state index in [1.165, 1.54) is 57.8 Å². The molecule has 1 aliphatic carbocycles. The molecule has 0 unspecified atom stereocenters. The number of hydrogen-bond acceptors (Lipinski definition) is 2. The molecular formula is C20H30ClNOS. The van der Waals surface area contributed by atoms with E-state index in [2.05, 4.69) is 5.32 Å². The molecule has 1 aromatic carbocycles. The molecule has 0 aliphatic heterocycles. The summed E-state index contributed by atoms with van der Waals surface area (Å²) in [6.45, 7) is 0. The Bertz CT molecular complexity index is 465. The molecule has 1 aliphatic rings. The fraction of sp³-hybridized carbons (Fsp3) is 0.650. The molecule has 1 saturated carbocycles. The van der Waals surface area contributed by atoms with E-state index in [-0.39, 0.29) is 5.91 Å². The molecule has 0 atom stereocenters. The third-order valence-corrected chi connectivity index (χ3v) is 5.92. The summed E-state index contributed by atoms with van der Waals surface area (Å²) < 4.78 is 0. The summed E-state index contributed by atoms with van der Waals surface area (Å²) in [4.78, 5) is 13.4. The second-order valence-corrected chi connectivity index (χ2v) is 8.25. The summed E-state index contributed by atoms with van der Waals surface area (Å²) in [6.07, 6.45) is 14.3. The number of thioether (sulfide) groups is 1. The van der Waals surface area contributed by atoms with Gasteiger partial charge in [0.2, 0.25) is 5.91 Å². The summed E-state index contributed by atoms with van der Waals surface area (Å²) in [5.74, 6) is 0.644. The molecule has 2 nitrogen and oxygen atoms in total. The van der Waals surface area contributed by atoms with Crippen LogP contribution in [-0.4, -0.2) is 17.7 Å². The van der Waals surface area contributed by atoms with Crippen molar-refractivity contribution in [1.29, 1.82) is 0 Å². The molecule has 4 heteroatoms. The minimum atomic E-state index is 0.159. The molecule has 1 fully saturated rings. The van der Waals surface area contributed by atoms with Crippen molar-refractivity contribution >= 4 is 29.3 Å². The van der Waals surface area contributed by atoms with Gasteiger partial charge in [0.15, 0.2) is 0 Å². The Labute approximate surface area is 156 Å². The van der Waals surface area contributed by atoms with E-state index in [1.54, 1.807) is 11.8 Å². The van der Waals surface area contributed by atoms with Crippen LogP contribution in [0.2, 0.25) is 5.02 Å². The lowest BCUT2D eigenvalue weighted by molar-refractivity contribution is -0.119. The number of hydrogen-bond donors (Lipinski definition) is 1. The summed E-state index contributed by atoms with van der Waals surface area (Å²) in [5.41, 5.74) is 0.